The van der Waals surface area contributed by atoms with Crippen molar-refractivity contribution in [1.82, 2.24) is 14.7 Å². The summed E-state index contributed by atoms with van der Waals surface area (Å²) in [5.74, 6) is -0.149. The Morgan fingerprint density at radius 2 is 2.14 bits per heavy atom. The van der Waals surface area contributed by atoms with Gasteiger partial charge < -0.3 is 15.4 Å². The second-order valence-electron chi connectivity index (χ2n) is 4.88. The van der Waals surface area contributed by atoms with E-state index in [1.807, 2.05) is 36.5 Å². The van der Waals surface area contributed by atoms with E-state index >= 15 is 0 Å². The first kappa shape index (κ1) is 15.2. The van der Waals surface area contributed by atoms with E-state index in [9.17, 15) is 4.79 Å². The summed E-state index contributed by atoms with van der Waals surface area (Å²) in [6.45, 7) is 0.676. The number of para-hydroxylation sites is 1. The fraction of sp³-hybridized carbons (Fsp3) is 0.333. The zero-order valence-corrected chi connectivity index (χ0v) is 12.3. The maximum Gasteiger partial charge on any atom is 0.241 e. The molecule has 2 N–H and O–H groups in total. The number of aromatic nitrogens is 2. The molecular weight excluding hydrogens is 268 g/mol. The maximum atomic E-state index is 12.0. The van der Waals surface area contributed by atoms with E-state index in [0.717, 1.165) is 11.3 Å². The molecule has 1 heterocycles. The van der Waals surface area contributed by atoms with E-state index in [4.69, 9.17) is 10.5 Å². The summed E-state index contributed by atoms with van der Waals surface area (Å²) in [5.41, 5.74) is 7.67. The van der Waals surface area contributed by atoms with E-state index in [0.29, 0.717) is 6.54 Å². The van der Waals surface area contributed by atoms with Crippen LogP contribution in [-0.2, 0) is 16.1 Å². The van der Waals surface area contributed by atoms with Crippen LogP contribution >= 0.6 is 0 Å². The number of methoxy groups -OCH3 is 1. The Balaban J connectivity index is 2.01. The number of hydrogen-bond donors (Lipinski definition) is 1. The number of likely N-dealkylation sites (N-methyl/N-ethyl adjacent to an activating group) is 1. The number of rotatable bonds is 6. The molecule has 0 aliphatic heterocycles. The summed E-state index contributed by atoms with van der Waals surface area (Å²) in [5, 5.41) is 4.30. The summed E-state index contributed by atoms with van der Waals surface area (Å²) in [7, 11) is 3.24. The minimum absolute atomic E-state index is 0.149. The minimum Gasteiger partial charge on any atom is -0.383 e. The lowest BCUT2D eigenvalue weighted by molar-refractivity contribution is -0.132. The van der Waals surface area contributed by atoms with Crippen LogP contribution in [0, 0.1) is 0 Å². The summed E-state index contributed by atoms with van der Waals surface area (Å²) >= 11 is 0. The van der Waals surface area contributed by atoms with Crippen molar-refractivity contribution in [3.8, 4) is 5.69 Å². The highest BCUT2D eigenvalue weighted by molar-refractivity contribution is 5.81. The topological polar surface area (TPSA) is 73.4 Å². The van der Waals surface area contributed by atoms with Crippen LogP contribution in [0.2, 0.25) is 0 Å². The highest BCUT2D eigenvalue weighted by Gasteiger charge is 2.18. The van der Waals surface area contributed by atoms with Crippen molar-refractivity contribution in [3.05, 3.63) is 48.3 Å². The van der Waals surface area contributed by atoms with Crippen LogP contribution in [0.4, 0.5) is 0 Å². The molecule has 1 aromatic heterocycles. The van der Waals surface area contributed by atoms with Crippen LogP contribution in [0.15, 0.2) is 42.7 Å². The van der Waals surface area contributed by atoms with Crippen LogP contribution in [0.5, 0.6) is 0 Å². The Morgan fingerprint density at radius 1 is 1.43 bits per heavy atom. The number of benzene rings is 1. The van der Waals surface area contributed by atoms with Gasteiger partial charge in [-0.25, -0.2) is 4.68 Å². The Kier molecular flexibility index (Phi) is 5.08. The second-order valence-corrected chi connectivity index (χ2v) is 4.88. The smallest absolute Gasteiger partial charge is 0.241 e. The molecule has 0 spiro atoms. The number of hydrogen-bond acceptors (Lipinski definition) is 4. The van der Waals surface area contributed by atoms with Gasteiger partial charge in [0.1, 0.15) is 6.04 Å². The predicted octanol–water partition coefficient (Wildman–Crippen LogP) is 0.804. The lowest BCUT2D eigenvalue weighted by Crippen LogP contribution is -2.44. The molecule has 21 heavy (non-hydrogen) atoms. The third-order valence-corrected chi connectivity index (χ3v) is 3.12. The van der Waals surface area contributed by atoms with Crippen LogP contribution in [0.1, 0.15) is 5.56 Å². The lowest BCUT2D eigenvalue weighted by Gasteiger charge is -2.20. The summed E-state index contributed by atoms with van der Waals surface area (Å²) in [6.07, 6.45) is 3.65. The van der Waals surface area contributed by atoms with Gasteiger partial charge in [-0.3, -0.25) is 4.79 Å². The summed E-state index contributed by atoms with van der Waals surface area (Å²) in [4.78, 5) is 13.6. The van der Waals surface area contributed by atoms with Gasteiger partial charge >= 0.3 is 0 Å². The van der Waals surface area contributed by atoms with Gasteiger partial charge in [0, 0.05) is 32.5 Å². The number of amides is 1. The molecule has 1 atom stereocenters. The monoisotopic (exact) mass is 288 g/mol. The lowest BCUT2D eigenvalue weighted by atomic mass is 10.2. The molecule has 0 fully saturated rings. The highest BCUT2D eigenvalue weighted by Crippen LogP contribution is 2.09. The molecule has 6 heteroatoms. The SMILES string of the molecule is COCC(N)C(=O)N(C)Cc1cnn(-c2ccccc2)c1. The fourth-order valence-corrected chi connectivity index (χ4v) is 2.05. The molecule has 2 rings (SSSR count). The fourth-order valence-electron chi connectivity index (χ4n) is 2.05. The first-order valence-electron chi connectivity index (χ1n) is 6.70. The molecule has 0 aliphatic carbocycles. The van der Waals surface area contributed by atoms with Gasteiger partial charge in [-0.2, -0.15) is 5.10 Å². The average molecular weight is 288 g/mol. The maximum absolute atomic E-state index is 12.0. The van der Waals surface area contributed by atoms with Gasteiger partial charge in [-0.15, -0.1) is 0 Å². The molecular formula is C15H20N4O2. The van der Waals surface area contributed by atoms with Crippen molar-refractivity contribution < 1.29 is 9.53 Å². The average Bonchev–Trinajstić information content (AvgIpc) is 2.96. The Morgan fingerprint density at radius 3 is 2.81 bits per heavy atom. The van der Waals surface area contributed by atoms with Crippen LogP contribution in [0.3, 0.4) is 0 Å². The molecule has 1 aromatic carbocycles. The molecule has 1 amide bonds. The molecule has 0 saturated heterocycles. The number of nitrogens with zero attached hydrogens (tertiary/aromatic N) is 3. The first-order valence-corrected chi connectivity index (χ1v) is 6.70. The van der Waals surface area contributed by atoms with Gasteiger partial charge in [0.25, 0.3) is 0 Å². The summed E-state index contributed by atoms with van der Waals surface area (Å²) < 4.78 is 6.68. The Labute approximate surface area is 124 Å². The molecule has 1 unspecified atom stereocenters. The molecule has 0 bridgehead atoms. The number of nitrogens with two attached hydrogens (primary N) is 1. The number of ether oxygens (including phenoxy) is 1. The predicted molar refractivity (Wildman–Crippen MR) is 79.9 cm³/mol. The van der Waals surface area contributed by atoms with Crippen molar-refractivity contribution in [3.63, 3.8) is 0 Å². The third kappa shape index (κ3) is 3.90. The number of carbonyl (C=O) groups excluding carboxylic acids is 1. The third-order valence-electron chi connectivity index (χ3n) is 3.12. The van der Waals surface area contributed by atoms with Gasteiger partial charge in [0.05, 0.1) is 18.5 Å². The van der Waals surface area contributed by atoms with Gasteiger partial charge in [-0.05, 0) is 12.1 Å². The van der Waals surface area contributed by atoms with Gasteiger partial charge in [-0.1, -0.05) is 18.2 Å². The molecule has 2 aromatic rings. The van der Waals surface area contributed by atoms with Crippen LogP contribution in [0.25, 0.3) is 5.69 Å². The zero-order valence-electron chi connectivity index (χ0n) is 12.3. The summed E-state index contributed by atoms with van der Waals surface area (Å²) in [6, 6.07) is 9.17. The highest BCUT2D eigenvalue weighted by atomic mass is 16.5. The van der Waals surface area contributed by atoms with Crippen molar-refractivity contribution >= 4 is 5.91 Å². The molecule has 6 nitrogen and oxygen atoms in total. The van der Waals surface area contributed by atoms with Gasteiger partial charge in [0.2, 0.25) is 5.91 Å². The molecule has 0 saturated carbocycles. The molecule has 112 valence electrons. The van der Waals surface area contributed by atoms with Crippen molar-refractivity contribution in [2.45, 2.75) is 12.6 Å². The zero-order chi connectivity index (χ0) is 15.2. The quantitative estimate of drug-likeness (QED) is 0.853. The van der Waals surface area contributed by atoms with E-state index in [-0.39, 0.29) is 12.5 Å². The minimum atomic E-state index is -0.635. The Hall–Kier alpha value is -2.18. The largest absolute Gasteiger partial charge is 0.383 e. The van der Waals surface area contributed by atoms with Crippen LogP contribution < -0.4 is 5.73 Å². The van der Waals surface area contributed by atoms with E-state index in [1.165, 1.54) is 7.11 Å². The van der Waals surface area contributed by atoms with Gasteiger partial charge in [0.15, 0.2) is 0 Å². The van der Waals surface area contributed by atoms with E-state index < -0.39 is 6.04 Å². The normalized spacial score (nSPS) is 12.1. The first-order chi connectivity index (χ1) is 10.1. The second kappa shape index (κ2) is 7.01. The van der Waals surface area contributed by atoms with Crippen molar-refractivity contribution in [1.29, 1.82) is 0 Å². The number of carbonyl (C=O) groups is 1. The van der Waals surface area contributed by atoms with Crippen molar-refractivity contribution in [2.24, 2.45) is 5.73 Å². The molecule has 0 radical (unpaired) electrons. The van der Waals surface area contributed by atoms with Crippen LogP contribution in [-0.4, -0.2) is 47.4 Å². The van der Waals surface area contributed by atoms with E-state index in [2.05, 4.69) is 5.10 Å². The standard InChI is InChI=1S/C15H20N4O2/c1-18(15(20)14(16)11-21-2)9-12-8-17-19(10-12)13-6-4-3-5-7-13/h3-8,10,14H,9,11,16H2,1-2H3. The Bertz CT molecular complexity index is 582. The molecule has 0 aliphatic rings. The van der Waals surface area contributed by atoms with E-state index in [1.54, 1.807) is 22.8 Å². The van der Waals surface area contributed by atoms with Crippen molar-refractivity contribution in [2.75, 3.05) is 20.8 Å².